The van der Waals surface area contributed by atoms with E-state index in [4.69, 9.17) is 10.5 Å². The molecule has 1 aromatic carbocycles. The topological polar surface area (TPSA) is 38.5 Å². The number of hydrogen-bond donors (Lipinski definition) is 1. The Morgan fingerprint density at radius 1 is 1.19 bits per heavy atom. The van der Waals surface area contributed by atoms with Crippen LogP contribution in [0.15, 0.2) is 24.3 Å². The summed E-state index contributed by atoms with van der Waals surface area (Å²) in [6, 6.07) is 8.35. The zero-order valence-electron chi connectivity index (χ0n) is 13.6. The fraction of sp³-hybridized carbons (Fsp3) is 0.667. The first-order chi connectivity index (χ1) is 10.3. The van der Waals surface area contributed by atoms with Gasteiger partial charge in [0.1, 0.15) is 5.75 Å². The van der Waals surface area contributed by atoms with Gasteiger partial charge in [0.25, 0.3) is 0 Å². The molecule has 1 saturated carbocycles. The summed E-state index contributed by atoms with van der Waals surface area (Å²) >= 11 is 0. The van der Waals surface area contributed by atoms with E-state index in [0.29, 0.717) is 0 Å². The van der Waals surface area contributed by atoms with E-state index in [1.165, 1.54) is 37.7 Å². The Balaban J connectivity index is 2.21. The molecule has 3 heteroatoms. The van der Waals surface area contributed by atoms with Crippen LogP contribution in [0.5, 0.6) is 5.75 Å². The van der Waals surface area contributed by atoms with Gasteiger partial charge >= 0.3 is 0 Å². The van der Waals surface area contributed by atoms with Gasteiger partial charge in [-0.1, -0.05) is 44.4 Å². The molecule has 118 valence electrons. The lowest BCUT2D eigenvalue weighted by Gasteiger charge is -2.46. The molecule has 0 saturated heterocycles. The normalized spacial score (nSPS) is 17.9. The molecule has 21 heavy (non-hydrogen) atoms. The zero-order chi connectivity index (χ0) is 15.1. The van der Waals surface area contributed by atoms with Crippen molar-refractivity contribution in [3.63, 3.8) is 0 Å². The second kappa shape index (κ2) is 7.81. The minimum atomic E-state index is 0.190. The molecule has 0 aromatic heterocycles. The van der Waals surface area contributed by atoms with Crippen LogP contribution >= 0.6 is 0 Å². The van der Waals surface area contributed by atoms with Crippen molar-refractivity contribution < 1.29 is 4.74 Å². The van der Waals surface area contributed by atoms with E-state index >= 15 is 0 Å². The van der Waals surface area contributed by atoms with E-state index in [-0.39, 0.29) is 5.54 Å². The number of nitrogens with zero attached hydrogens (tertiary/aromatic N) is 1. The second-order valence-electron chi connectivity index (χ2n) is 6.22. The van der Waals surface area contributed by atoms with Crippen molar-refractivity contribution in [2.45, 2.75) is 57.5 Å². The quantitative estimate of drug-likeness (QED) is 0.834. The van der Waals surface area contributed by atoms with E-state index in [2.05, 4.69) is 30.0 Å². The third-order valence-electron chi connectivity index (χ3n) is 4.88. The summed E-state index contributed by atoms with van der Waals surface area (Å²) in [5.41, 5.74) is 7.68. The molecule has 0 radical (unpaired) electrons. The van der Waals surface area contributed by atoms with Crippen LogP contribution in [0, 0.1) is 0 Å². The Morgan fingerprint density at radius 2 is 1.90 bits per heavy atom. The molecule has 0 amide bonds. The number of para-hydroxylation sites is 1. The average Bonchev–Trinajstić information content (AvgIpc) is 2.55. The summed E-state index contributed by atoms with van der Waals surface area (Å²) in [6.45, 7) is 5.06. The Bertz CT molecular complexity index is 427. The van der Waals surface area contributed by atoms with Crippen molar-refractivity contribution in [3.05, 3.63) is 29.8 Å². The Labute approximate surface area is 129 Å². The summed E-state index contributed by atoms with van der Waals surface area (Å²) in [5, 5.41) is 0. The molecule has 1 aliphatic rings. The maximum atomic E-state index is 6.22. The van der Waals surface area contributed by atoms with Gasteiger partial charge in [0.15, 0.2) is 0 Å². The lowest BCUT2D eigenvalue weighted by molar-refractivity contribution is 0.0488. The average molecular weight is 290 g/mol. The SMILES string of the molecule is CCCN(Cc1ccccc1OC)C1(CN)CCCCC1. The van der Waals surface area contributed by atoms with Crippen molar-refractivity contribution in [3.8, 4) is 5.75 Å². The van der Waals surface area contributed by atoms with Crippen LogP contribution in [0.4, 0.5) is 0 Å². The van der Waals surface area contributed by atoms with Crippen molar-refractivity contribution in [2.24, 2.45) is 5.73 Å². The summed E-state index contributed by atoms with van der Waals surface area (Å²) in [6.07, 6.45) is 7.61. The van der Waals surface area contributed by atoms with Gasteiger partial charge in [0.2, 0.25) is 0 Å². The van der Waals surface area contributed by atoms with Crippen LogP contribution in [0.25, 0.3) is 0 Å². The van der Waals surface area contributed by atoms with Gasteiger partial charge in [-0.15, -0.1) is 0 Å². The number of hydrogen-bond acceptors (Lipinski definition) is 3. The van der Waals surface area contributed by atoms with Crippen LogP contribution in [0.3, 0.4) is 0 Å². The molecule has 3 nitrogen and oxygen atoms in total. The Hall–Kier alpha value is -1.06. The smallest absolute Gasteiger partial charge is 0.123 e. The van der Waals surface area contributed by atoms with E-state index < -0.39 is 0 Å². The maximum Gasteiger partial charge on any atom is 0.123 e. The van der Waals surface area contributed by atoms with Gasteiger partial charge in [0.05, 0.1) is 7.11 Å². The lowest BCUT2D eigenvalue weighted by Crippen LogP contribution is -2.54. The number of rotatable bonds is 7. The van der Waals surface area contributed by atoms with Crippen LogP contribution < -0.4 is 10.5 Å². The molecule has 2 N–H and O–H groups in total. The fourth-order valence-corrected chi connectivity index (χ4v) is 3.65. The lowest BCUT2D eigenvalue weighted by atomic mass is 9.80. The third kappa shape index (κ3) is 3.78. The molecule has 0 bridgehead atoms. The number of methoxy groups -OCH3 is 1. The van der Waals surface area contributed by atoms with E-state index in [9.17, 15) is 0 Å². The summed E-state index contributed by atoms with van der Waals surface area (Å²) in [7, 11) is 1.75. The van der Waals surface area contributed by atoms with Crippen LogP contribution in [-0.4, -0.2) is 30.6 Å². The standard InChI is InChI=1S/C18H30N2O/c1-3-13-20(18(15-19)11-7-4-8-12-18)14-16-9-5-6-10-17(16)21-2/h5-6,9-10H,3-4,7-8,11-15,19H2,1-2H3. The van der Waals surface area contributed by atoms with Gasteiger partial charge in [0, 0.05) is 24.2 Å². The predicted molar refractivity (Wildman–Crippen MR) is 88.6 cm³/mol. The van der Waals surface area contributed by atoms with E-state index in [0.717, 1.165) is 31.8 Å². The van der Waals surface area contributed by atoms with E-state index in [1.807, 2.05) is 6.07 Å². The van der Waals surface area contributed by atoms with E-state index in [1.54, 1.807) is 7.11 Å². The van der Waals surface area contributed by atoms with Crippen molar-refractivity contribution >= 4 is 0 Å². The summed E-state index contributed by atoms with van der Waals surface area (Å²) in [5.74, 6) is 0.988. The molecule has 0 unspecified atom stereocenters. The summed E-state index contributed by atoms with van der Waals surface area (Å²) in [4.78, 5) is 2.62. The van der Waals surface area contributed by atoms with Gasteiger partial charge in [-0.2, -0.15) is 0 Å². The van der Waals surface area contributed by atoms with Crippen molar-refractivity contribution in [1.29, 1.82) is 0 Å². The Morgan fingerprint density at radius 3 is 2.52 bits per heavy atom. The third-order valence-corrected chi connectivity index (χ3v) is 4.88. The molecule has 1 fully saturated rings. The number of ether oxygens (including phenoxy) is 1. The fourth-order valence-electron chi connectivity index (χ4n) is 3.65. The molecule has 2 rings (SSSR count). The highest BCUT2D eigenvalue weighted by atomic mass is 16.5. The molecule has 0 heterocycles. The molecule has 1 aliphatic carbocycles. The van der Waals surface area contributed by atoms with Crippen molar-refractivity contribution in [2.75, 3.05) is 20.2 Å². The van der Waals surface area contributed by atoms with Crippen molar-refractivity contribution in [1.82, 2.24) is 4.90 Å². The molecular formula is C18H30N2O. The highest BCUT2D eigenvalue weighted by Crippen LogP contribution is 2.35. The predicted octanol–water partition coefficient (Wildman–Crippen LogP) is 3.57. The van der Waals surface area contributed by atoms with Crippen LogP contribution in [-0.2, 0) is 6.54 Å². The molecule has 0 spiro atoms. The van der Waals surface area contributed by atoms with Crippen LogP contribution in [0.1, 0.15) is 51.0 Å². The molecule has 0 atom stereocenters. The Kier molecular flexibility index (Phi) is 6.07. The van der Waals surface area contributed by atoms with Gasteiger partial charge in [-0.25, -0.2) is 0 Å². The number of benzene rings is 1. The monoisotopic (exact) mass is 290 g/mol. The summed E-state index contributed by atoms with van der Waals surface area (Å²) < 4.78 is 5.52. The first-order valence-electron chi connectivity index (χ1n) is 8.33. The molecule has 1 aromatic rings. The zero-order valence-corrected chi connectivity index (χ0v) is 13.6. The molecule has 0 aliphatic heterocycles. The number of nitrogens with two attached hydrogens (primary N) is 1. The minimum Gasteiger partial charge on any atom is -0.496 e. The largest absolute Gasteiger partial charge is 0.496 e. The van der Waals surface area contributed by atoms with Crippen LogP contribution in [0.2, 0.25) is 0 Å². The highest BCUT2D eigenvalue weighted by Gasteiger charge is 2.36. The maximum absolute atomic E-state index is 6.22. The van der Waals surface area contributed by atoms with Gasteiger partial charge < -0.3 is 10.5 Å². The minimum absolute atomic E-state index is 0.190. The second-order valence-corrected chi connectivity index (χ2v) is 6.22. The van der Waals surface area contributed by atoms with Gasteiger partial charge in [-0.3, -0.25) is 4.90 Å². The van der Waals surface area contributed by atoms with Gasteiger partial charge in [-0.05, 0) is 31.9 Å². The highest BCUT2D eigenvalue weighted by molar-refractivity contribution is 5.33. The first-order valence-corrected chi connectivity index (χ1v) is 8.33. The first kappa shape index (κ1) is 16.3. The molecular weight excluding hydrogens is 260 g/mol.